The van der Waals surface area contributed by atoms with E-state index in [2.05, 4.69) is 12.2 Å². The van der Waals surface area contributed by atoms with Crippen LogP contribution in [0, 0.1) is 0 Å². The third kappa shape index (κ3) is 6.63. The van der Waals surface area contributed by atoms with Gasteiger partial charge in [-0.05, 0) is 54.7 Å². The molecular formula is C26H34N2O5. The first-order valence-electron chi connectivity index (χ1n) is 11.6. The Labute approximate surface area is 196 Å². The summed E-state index contributed by atoms with van der Waals surface area (Å²) in [7, 11) is 1.62. The first-order chi connectivity index (χ1) is 16.0. The highest BCUT2D eigenvalue weighted by atomic mass is 16.7. The number of ether oxygens (including phenoxy) is 3. The van der Waals surface area contributed by atoms with Crippen LogP contribution in [0.25, 0.3) is 0 Å². The number of hydrogen-bond acceptors (Lipinski definition) is 5. The van der Waals surface area contributed by atoms with E-state index in [-0.39, 0.29) is 18.6 Å². The molecule has 0 radical (unpaired) electrons. The van der Waals surface area contributed by atoms with Crippen molar-refractivity contribution in [2.75, 3.05) is 20.4 Å². The Kier molecular flexibility index (Phi) is 8.98. The number of amides is 2. The van der Waals surface area contributed by atoms with Crippen LogP contribution in [0.1, 0.15) is 50.7 Å². The fourth-order valence-corrected chi connectivity index (χ4v) is 3.84. The highest BCUT2D eigenvalue weighted by Crippen LogP contribution is 2.32. The Morgan fingerprint density at radius 3 is 2.48 bits per heavy atom. The first kappa shape index (κ1) is 24.4. The van der Waals surface area contributed by atoms with Gasteiger partial charge in [-0.2, -0.15) is 0 Å². The van der Waals surface area contributed by atoms with E-state index in [1.54, 1.807) is 12.0 Å². The van der Waals surface area contributed by atoms with Crippen molar-refractivity contribution in [3.63, 3.8) is 0 Å². The Bertz CT molecular complexity index is 929. The molecule has 0 saturated heterocycles. The second-order valence-electron chi connectivity index (χ2n) is 8.13. The molecule has 33 heavy (non-hydrogen) atoms. The number of fused-ring (bicyclic) bond motifs is 1. The molecule has 0 fully saturated rings. The summed E-state index contributed by atoms with van der Waals surface area (Å²) < 4.78 is 16.0. The second-order valence-corrected chi connectivity index (χ2v) is 8.13. The van der Waals surface area contributed by atoms with Crippen molar-refractivity contribution in [3.8, 4) is 17.2 Å². The molecule has 1 heterocycles. The van der Waals surface area contributed by atoms with Gasteiger partial charge in [0.05, 0.1) is 7.11 Å². The Balaban J connectivity index is 1.73. The first-order valence-corrected chi connectivity index (χ1v) is 11.6. The lowest BCUT2D eigenvalue weighted by molar-refractivity contribution is -0.141. The molecule has 2 amide bonds. The molecule has 0 bridgehead atoms. The van der Waals surface area contributed by atoms with E-state index >= 15 is 0 Å². The lowest BCUT2D eigenvalue weighted by Gasteiger charge is -2.31. The number of nitrogens with one attached hydrogen (secondary N) is 1. The van der Waals surface area contributed by atoms with E-state index in [4.69, 9.17) is 14.2 Å². The van der Waals surface area contributed by atoms with Gasteiger partial charge in [0.25, 0.3) is 0 Å². The second kappa shape index (κ2) is 12.1. The van der Waals surface area contributed by atoms with Gasteiger partial charge in [-0.25, -0.2) is 0 Å². The van der Waals surface area contributed by atoms with E-state index < -0.39 is 6.04 Å². The van der Waals surface area contributed by atoms with Gasteiger partial charge in [-0.1, -0.05) is 38.5 Å². The van der Waals surface area contributed by atoms with Gasteiger partial charge >= 0.3 is 0 Å². The van der Waals surface area contributed by atoms with E-state index in [1.807, 2.05) is 49.4 Å². The van der Waals surface area contributed by atoms with Crippen LogP contribution in [0.3, 0.4) is 0 Å². The molecule has 3 rings (SSSR count). The largest absolute Gasteiger partial charge is 0.497 e. The monoisotopic (exact) mass is 454 g/mol. The molecule has 0 aliphatic carbocycles. The van der Waals surface area contributed by atoms with Gasteiger partial charge in [0.15, 0.2) is 11.5 Å². The van der Waals surface area contributed by atoms with Gasteiger partial charge in [0, 0.05) is 19.5 Å². The van der Waals surface area contributed by atoms with Crippen LogP contribution >= 0.6 is 0 Å². The fraction of sp³-hybridized carbons (Fsp3) is 0.462. The highest BCUT2D eigenvalue weighted by molar-refractivity contribution is 5.87. The Hall–Kier alpha value is -3.22. The molecule has 0 aromatic heterocycles. The smallest absolute Gasteiger partial charge is 0.242 e. The van der Waals surface area contributed by atoms with Crippen molar-refractivity contribution in [2.24, 2.45) is 0 Å². The minimum atomic E-state index is -0.520. The fourth-order valence-electron chi connectivity index (χ4n) is 3.84. The molecule has 0 saturated carbocycles. The van der Waals surface area contributed by atoms with Crippen molar-refractivity contribution < 1.29 is 23.8 Å². The molecule has 7 heteroatoms. The molecule has 1 N–H and O–H groups in total. The quantitative estimate of drug-likeness (QED) is 0.489. The number of carbonyl (C=O) groups is 2. The maximum atomic E-state index is 13.4. The van der Waals surface area contributed by atoms with Gasteiger partial charge in [-0.3, -0.25) is 9.59 Å². The number of unbranched alkanes of at least 4 members (excludes halogenated alkanes) is 1. The molecule has 0 spiro atoms. The third-order valence-corrected chi connectivity index (χ3v) is 5.79. The number of methoxy groups -OCH3 is 1. The van der Waals surface area contributed by atoms with E-state index in [0.717, 1.165) is 35.5 Å². The molecular weight excluding hydrogens is 420 g/mol. The zero-order valence-electron chi connectivity index (χ0n) is 19.8. The maximum Gasteiger partial charge on any atom is 0.242 e. The summed E-state index contributed by atoms with van der Waals surface area (Å²) in [5.41, 5.74) is 1.95. The number of rotatable bonds is 12. The SMILES string of the molecule is CCCCNC(=O)C(CC)N(Cc1ccc(OC)cc1)C(=O)CCc1ccc2c(c1)OCO2. The van der Waals surface area contributed by atoms with Crippen LogP contribution in [-0.2, 0) is 22.6 Å². The Morgan fingerprint density at radius 2 is 1.79 bits per heavy atom. The molecule has 1 unspecified atom stereocenters. The topological polar surface area (TPSA) is 77.1 Å². The number of carbonyl (C=O) groups excluding carboxylic acids is 2. The van der Waals surface area contributed by atoms with Gasteiger partial charge in [-0.15, -0.1) is 0 Å². The van der Waals surface area contributed by atoms with E-state index in [9.17, 15) is 9.59 Å². The average molecular weight is 455 g/mol. The van der Waals surface area contributed by atoms with E-state index in [1.165, 1.54) is 0 Å². The molecule has 1 aliphatic heterocycles. The predicted octanol–water partition coefficient (Wildman–Crippen LogP) is 4.08. The van der Waals surface area contributed by atoms with Gasteiger partial charge in [0.1, 0.15) is 11.8 Å². The minimum absolute atomic E-state index is 0.0547. The summed E-state index contributed by atoms with van der Waals surface area (Å²) in [6, 6.07) is 12.8. The summed E-state index contributed by atoms with van der Waals surface area (Å²) in [5.74, 6) is 2.03. The number of hydrogen-bond donors (Lipinski definition) is 1. The van der Waals surface area contributed by atoms with Crippen LogP contribution in [0.5, 0.6) is 17.2 Å². The zero-order valence-corrected chi connectivity index (χ0v) is 19.8. The van der Waals surface area contributed by atoms with Crippen molar-refractivity contribution in [2.45, 2.75) is 58.5 Å². The molecule has 1 aliphatic rings. The summed E-state index contributed by atoms with van der Waals surface area (Å²) in [6.07, 6.45) is 3.32. The van der Waals surface area contributed by atoms with Crippen LogP contribution in [0.2, 0.25) is 0 Å². The lowest BCUT2D eigenvalue weighted by atomic mass is 10.1. The van der Waals surface area contributed by atoms with Crippen LogP contribution in [-0.4, -0.2) is 43.2 Å². The van der Waals surface area contributed by atoms with Crippen molar-refractivity contribution >= 4 is 11.8 Å². The van der Waals surface area contributed by atoms with Crippen LogP contribution < -0.4 is 19.5 Å². The zero-order chi connectivity index (χ0) is 23.6. The number of nitrogens with zero attached hydrogens (tertiary/aromatic N) is 1. The van der Waals surface area contributed by atoms with Crippen molar-refractivity contribution in [3.05, 3.63) is 53.6 Å². The van der Waals surface area contributed by atoms with Crippen LogP contribution in [0.15, 0.2) is 42.5 Å². The van der Waals surface area contributed by atoms with Gasteiger partial charge in [0.2, 0.25) is 18.6 Å². The van der Waals surface area contributed by atoms with E-state index in [0.29, 0.717) is 38.1 Å². The van der Waals surface area contributed by atoms with Crippen molar-refractivity contribution in [1.29, 1.82) is 0 Å². The number of benzene rings is 2. The average Bonchev–Trinajstić information content (AvgIpc) is 3.31. The lowest BCUT2D eigenvalue weighted by Crippen LogP contribution is -2.49. The summed E-state index contributed by atoms with van der Waals surface area (Å²) in [5, 5.41) is 2.99. The van der Waals surface area contributed by atoms with Crippen LogP contribution in [0.4, 0.5) is 0 Å². The summed E-state index contributed by atoms with van der Waals surface area (Å²) in [6.45, 7) is 5.23. The number of aryl methyl sites for hydroxylation is 1. The maximum absolute atomic E-state index is 13.4. The van der Waals surface area contributed by atoms with Crippen molar-refractivity contribution in [1.82, 2.24) is 10.2 Å². The summed E-state index contributed by atoms with van der Waals surface area (Å²) in [4.78, 5) is 28.0. The molecule has 2 aromatic rings. The molecule has 178 valence electrons. The predicted molar refractivity (Wildman–Crippen MR) is 126 cm³/mol. The molecule has 7 nitrogen and oxygen atoms in total. The minimum Gasteiger partial charge on any atom is -0.497 e. The highest BCUT2D eigenvalue weighted by Gasteiger charge is 2.28. The normalized spacial score (nSPS) is 12.8. The molecule has 2 aromatic carbocycles. The molecule has 1 atom stereocenters. The summed E-state index contributed by atoms with van der Waals surface area (Å²) >= 11 is 0. The Morgan fingerprint density at radius 1 is 1.06 bits per heavy atom. The van der Waals surface area contributed by atoms with Gasteiger partial charge < -0.3 is 24.4 Å². The third-order valence-electron chi connectivity index (χ3n) is 5.79. The standard InChI is InChI=1S/C26H34N2O5/c1-4-6-15-27-26(30)22(5-2)28(17-20-7-11-21(31-3)12-8-20)25(29)14-10-19-9-13-23-24(16-19)33-18-32-23/h7-9,11-13,16,22H,4-6,10,14-15,17-18H2,1-3H3,(H,27,30).